The molecule has 0 aliphatic carbocycles. The molecule has 8 nitrogen and oxygen atoms in total. The maximum absolute atomic E-state index is 14.7. The number of halogens is 1. The number of anilines is 2. The first kappa shape index (κ1) is 22.2. The van der Waals surface area contributed by atoms with Gasteiger partial charge < -0.3 is 15.6 Å². The first-order valence-corrected chi connectivity index (χ1v) is 10.8. The van der Waals surface area contributed by atoms with Crippen LogP contribution in [0, 0.1) is 11.7 Å². The lowest BCUT2D eigenvalue weighted by molar-refractivity contribution is 0.252. The number of amides is 2. The largest absolute Gasteiger partial charge is 0.370 e. The van der Waals surface area contributed by atoms with Crippen LogP contribution in [-0.2, 0) is 0 Å². The molecule has 4 rings (SSSR count). The molecule has 3 aromatic heterocycles. The molecule has 0 saturated carbocycles. The number of aromatic nitrogens is 4. The molecular formula is C24H26FN7O. The van der Waals surface area contributed by atoms with Gasteiger partial charge in [-0.05, 0) is 54.8 Å². The number of aromatic amines is 1. The van der Waals surface area contributed by atoms with Gasteiger partial charge in [-0.25, -0.2) is 19.2 Å². The van der Waals surface area contributed by atoms with E-state index in [1.807, 2.05) is 31.2 Å². The average molecular weight is 448 g/mol. The number of hydrogen-bond donors (Lipinski definition) is 4. The van der Waals surface area contributed by atoms with Gasteiger partial charge in [-0.15, -0.1) is 0 Å². The predicted molar refractivity (Wildman–Crippen MR) is 129 cm³/mol. The molecule has 9 heteroatoms. The zero-order valence-corrected chi connectivity index (χ0v) is 18.7. The van der Waals surface area contributed by atoms with Gasteiger partial charge in [0.05, 0.1) is 11.0 Å². The third kappa shape index (κ3) is 5.08. The van der Waals surface area contributed by atoms with Gasteiger partial charge in [0.2, 0.25) is 5.95 Å². The van der Waals surface area contributed by atoms with E-state index in [4.69, 9.17) is 0 Å². The van der Waals surface area contributed by atoms with Gasteiger partial charge in [0.15, 0.2) is 0 Å². The minimum Gasteiger partial charge on any atom is -0.370 e. The number of nitrogens with one attached hydrogen (secondary N) is 4. The van der Waals surface area contributed by atoms with Gasteiger partial charge in [0, 0.05) is 36.6 Å². The van der Waals surface area contributed by atoms with Gasteiger partial charge in [-0.1, -0.05) is 13.8 Å². The number of carbonyl (C=O) groups excluding carboxylic acids is 1. The summed E-state index contributed by atoms with van der Waals surface area (Å²) >= 11 is 0. The molecule has 3 heterocycles. The van der Waals surface area contributed by atoms with Gasteiger partial charge in [-0.3, -0.25) is 10.3 Å². The number of pyridine rings is 2. The van der Waals surface area contributed by atoms with E-state index in [0.717, 1.165) is 23.5 Å². The molecule has 4 N–H and O–H groups in total. The fourth-order valence-corrected chi connectivity index (χ4v) is 3.40. The monoisotopic (exact) mass is 447 g/mol. The van der Waals surface area contributed by atoms with Crippen LogP contribution in [-0.4, -0.2) is 39.1 Å². The fourth-order valence-electron chi connectivity index (χ4n) is 3.40. The highest BCUT2D eigenvalue weighted by atomic mass is 19.1. The summed E-state index contributed by atoms with van der Waals surface area (Å²) in [6.45, 7) is 7.40. The van der Waals surface area contributed by atoms with Crippen molar-refractivity contribution in [2.24, 2.45) is 5.92 Å². The van der Waals surface area contributed by atoms with Crippen LogP contribution >= 0.6 is 0 Å². The number of fused-ring (bicyclic) bond motifs is 1. The van der Waals surface area contributed by atoms with Crippen LogP contribution in [0.1, 0.15) is 20.8 Å². The topological polar surface area (TPSA) is 108 Å². The smallest absolute Gasteiger partial charge is 0.321 e. The standard InChI is InChI=1S/C24H26FN7O/c1-4-26-24(33)32-23-30-19-11-16(15-7-8-20(29-13-15)28-12-14(2)3)10-17(22(19)31-23)21-18(25)6-5-9-27-21/h5-11,13-14H,4,12H2,1-3H3,(H,28,29)(H3,26,30,31,32,33). The van der Waals surface area contributed by atoms with Crippen molar-refractivity contribution in [3.05, 3.63) is 54.6 Å². The summed E-state index contributed by atoms with van der Waals surface area (Å²) in [6, 6.07) is 10.1. The van der Waals surface area contributed by atoms with Crippen molar-refractivity contribution in [1.82, 2.24) is 25.3 Å². The molecule has 0 radical (unpaired) electrons. The fraction of sp³-hybridized carbons (Fsp3) is 0.250. The first-order valence-electron chi connectivity index (χ1n) is 10.8. The molecular weight excluding hydrogens is 421 g/mol. The first-order chi connectivity index (χ1) is 15.9. The number of imidazole rings is 1. The molecule has 0 fully saturated rings. The highest BCUT2D eigenvalue weighted by molar-refractivity contribution is 5.98. The van der Waals surface area contributed by atoms with Crippen LogP contribution in [0.5, 0.6) is 0 Å². The number of rotatable bonds is 7. The number of nitrogens with zero attached hydrogens (tertiary/aromatic N) is 3. The van der Waals surface area contributed by atoms with Gasteiger partial charge in [0.1, 0.15) is 17.3 Å². The van der Waals surface area contributed by atoms with Crippen molar-refractivity contribution < 1.29 is 9.18 Å². The minimum absolute atomic E-state index is 0.195. The van der Waals surface area contributed by atoms with Crippen LogP contribution in [0.3, 0.4) is 0 Å². The van der Waals surface area contributed by atoms with E-state index in [2.05, 4.69) is 49.7 Å². The zero-order chi connectivity index (χ0) is 23.4. The third-order valence-electron chi connectivity index (χ3n) is 4.96. The molecule has 1 aromatic carbocycles. The molecule has 0 bridgehead atoms. The van der Waals surface area contributed by atoms with Crippen molar-refractivity contribution >= 4 is 28.8 Å². The molecule has 0 aliphatic heterocycles. The summed E-state index contributed by atoms with van der Waals surface area (Å²) in [5, 5.41) is 8.62. The van der Waals surface area contributed by atoms with E-state index < -0.39 is 5.82 Å². The lowest BCUT2D eigenvalue weighted by Gasteiger charge is -2.10. The predicted octanol–water partition coefficient (Wildman–Crippen LogP) is 5.04. The van der Waals surface area contributed by atoms with Crippen molar-refractivity contribution in [3.63, 3.8) is 0 Å². The van der Waals surface area contributed by atoms with Gasteiger partial charge in [-0.2, -0.15) is 0 Å². The highest BCUT2D eigenvalue weighted by Gasteiger charge is 2.17. The Morgan fingerprint density at radius 2 is 2.00 bits per heavy atom. The molecule has 0 saturated heterocycles. The average Bonchev–Trinajstić information content (AvgIpc) is 3.20. The summed E-state index contributed by atoms with van der Waals surface area (Å²) in [5.41, 5.74) is 3.54. The molecule has 0 unspecified atom stereocenters. The van der Waals surface area contributed by atoms with E-state index in [0.29, 0.717) is 29.1 Å². The van der Waals surface area contributed by atoms with E-state index in [-0.39, 0.29) is 17.7 Å². The van der Waals surface area contributed by atoms with Crippen molar-refractivity contribution in [2.45, 2.75) is 20.8 Å². The summed E-state index contributed by atoms with van der Waals surface area (Å²) in [6.07, 6.45) is 3.31. The molecule has 0 spiro atoms. The van der Waals surface area contributed by atoms with Crippen LogP contribution in [0.4, 0.5) is 21.0 Å². The molecule has 170 valence electrons. The maximum atomic E-state index is 14.7. The normalized spacial score (nSPS) is 11.1. The maximum Gasteiger partial charge on any atom is 0.321 e. The lowest BCUT2D eigenvalue weighted by Crippen LogP contribution is -2.28. The zero-order valence-electron chi connectivity index (χ0n) is 18.7. The summed E-state index contributed by atoms with van der Waals surface area (Å²) in [7, 11) is 0. The van der Waals surface area contributed by atoms with E-state index in [1.54, 1.807) is 12.3 Å². The summed E-state index contributed by atoms with van der Waals surface area (Å²) in [5.74, 6) is 1.11. The second kappa shape index (κ2) is 9.64. The quantitative estimate of drug-likeness (QED) is 0.318. The minimum atomic E-state index is -0.449. The lowest BCUT2D eigenvalue weighted by atomic mass is 10.0. The molecule has 2 amide bonds. The highest BCUT2D eigenvalue weighted by Crippen LogP contribution is 2.34. The molecule has 0 aliphatic rings. The number of hydrogen-bond acceptors (Lipinski definition) is 5. The van der Waals surface area contributed by atoms with Crippen LogP contribution in [0.25, 0.3) is 33.4 Å². The Kier molecular flexibility index (Phi) is 6.48. The molecule has 0 atom stereocenters. The summed E-state index contributed by atoms with van der Waals surface area (Å²) < 4.78 is 14.7. The Hall–Kier alpha value is -4.01. The van der Waals surface area contributed by atoms with Crippen molar-refractivity contribution in [2.75, 3.05) is 23.7 Å². The second-order valence-corrected chi connectivity index (χ2v) is 8.03. The van der Waals surface area contributed by atoms with Crippen molar-refractivity contribution in [1.29, 1.82) is 0 Å². The van der Waals surface area contributed by atoms with Gasteiger partial charge >= 0.3 is 6.03 Å². The Labute approximate surface area is 191 Å². The number of carbonyl (C=O) groups is 1. The Morgan fingerprint density at radius 1 is 1.15 bits per heavy atom. The number of benzene rings is 1. The third-order valence-corrected chi connectivity index (χ3v) is 4.96. The Balaban J connectivity index is 1.77. The molecule has 33 heavy (non-hydrogen) atoms. The number of H-pyrrole nitrogens is 1. The summed E-state index contributed by atoms with van der Waals surface area (Å²) in [4.78, 5) is 28.3. The van der Waals surface area contributed by atoms with Crippen LogP contribution < -0.4 is 16.0 Å². The van der Waals surface area contributed by atoms with E-state index >= 15 is 0 Å². The molecule has 4 aromatic rings. The Morgan fingerprint density at radius 3 is 2.70 bits per heavy atom. The van der Waals surface area contributed by atoms with Gasteiger partial charge in [0.25, 0.3) is 0 Å². The van der Waals surface area contributed by atoms with E-state index in [1.165, 1.54) is 12.3 Å². The van der Waals surface area contributed by atoms with Crippen LogP contribution in [0.15, 0.2) is 48.8 Å². The van der Waals surface area contributed by atoms with Crippen LogP contribution in [0.2, 0.25) is 0 Å². The van der Waals surface area contributed by atoms with Crippen molar-refractivity contribution in [3.8, 4) is 22.4 Å². The second-order valence-electron chi connectivity index (χ2n) is 8.03. The number of urea groups is 1. The van der Waals surface area contributed by atoms with E-state index in [9.17, 15) is 9.18 Å². The SMILES string of the molecule is CCNC(=O)Nc1nc2cc(-c3ccc(NCC(C)C)nc3)cc(-c3ncccc3F)c2[nH]1. The Bertz CT molecular complexity index is 1270.